The van der Waals surface area contributed by atoms with Crippen LogP contribution in [0.4, 0.5) is 11.4 Å². The van der Waals surface area contributed by atoms with Gasteiger partial charge in [-0.05, 0) is 31.5 Å². The van der Waals surface area contributed by atoms with Crippen LogP contribution in [0.1, 0.15) is 16.7 Å². The second-order valence-corrected chi connectivity index (χ2v) is 5.47. The molecule has 0 aromatic heterocycles. The van der Waals surface area contributed by atoms with Gasteiger partial charge in [0.1, 0.15) is 5.75 Å². The SMILES string of the molecule is Cc1ccc(NC(=O)C(=O)N/N=C/c2cc([N+](=O)[O-])ccc2O)c(C)c1. The van der Waals surface area contributed by atoms with E-state index in [9.17, 15) is 24.8 Å². The molecular formula is C17H16N4O5. The molecule has 9 heteroatoms. The first kappa shape index (κ1) is 18.6. The normalized spacial score (nSPS) is 10.5. The van der Waals surface area contributed by atoms with Gasteiger partial charge in [0, 0.05) is 23.4 Å². The van der Waals surface area contributed by atoms with Gasteiger partial charge in [-0.15, -0.1) is 0 Å². The van der Waals surface area contributed by atoms with E-state index in [1.165, 1.54) is 0 Å². The van der Waals surface area contributed by atoms with E-state index in [1.807, 2.05) is 18.4 Å². The third kappa shape index (κ3) is 4.63. The largest absolute Gasteiger partial charge is 0.507 e. The zero-order valence-corrected chi connectivity index (χ0v) is 14.0. The summed E-state index contributed by atoms with van der Waals surface area (Å²) in [6.07, 6.45) is 1.00. The molecule has 0 aliphatic rings. The Labute approximate surface area is 148 Å². The van der Waals surface area contributed by atoms with Crippen LogP contribution < -0.4 is 10.7 Å². The maximum absolute atomic E-state index is 11.9. The number of nitrogens with zero attached hydrogens (tertiary/aromatic N) is 2. The van der Waals surface area contributed by atoms with E-state index in [1.54, 1.807) is 19.1 Å². The zero-order valence-electron chi connectivity index (χ0n) is 14.0. The quantitative estimate of drug-likeness (QED) is 0.333. The summed E-state index contributed by atoms with van der Waals surface area (Å²) in [5.74, 6) is -2.20. The third-order valence-corrected chi connectivity index (χ3v) is 3.43. The molecule has 2 aromatic carbocycles. The molecular weight excluding hydrogens is 340 g/mol. The smallest absolute Gasteiger partial charge is 0.329 e. The summed E-state index contributed by atoms with van der Waals surface area (Å²) < 4.78 is 0. The van der Waals surface area contributed by atoms with E-state index in [2.05, 4.69) is 10.4 Å². The number of phenols is 1. The number of benzene rings is 2. The minimum atomic E-state index is -1.02. The van der Waals surface area contributed by atoms with Crippen molar-refractivity contribution in [3.63, 3.8) is 0 Å². The summed E-state index contributed by atoms with van der Waals surface area (Å²) in [6, 6.07) is 8.68. The molecule has 134 valence electrons. The number of nitro benzene ring substituents is 1. The van der Waals surface area contributed by atoms with Gasteiger partial charge >= 0.3 is 11.8 Å². The van der Waals surface area contributed by atoms with Crippen LogP contribution >= 0.6 is 0 Å². The number of carbonyl (C=O) groups is 2. The number of anilines is 1. The number of rotatable bonds is 4. The standard InChI is InChI=1S/C17H16N4O5/c1-10-3-5-14(11(2)7-10)19-16(23)17(24)20-18-9-12-8-13(21(25)26)4-6-15(12)22/h3-9,22H,1-2H3,(H,19,23)(H,20,24)/b18-9+. The zero-order chi connectivity index (χ0) is 19.3. The van der Waals surface area contributed by atoms with Gasteiger partial charge in [-0.25, -0.2) is 5.43 Å². The number of non-ortho nitro benzene ring substituents is 1. The number of nitrogens with one attached hydrogen (secondary N) is 2. The van der Waals surface area contributed by atoms with E-state index >= 15 is 0 Å². The van der Waals surface area contributed by atoms with Crippen molar-refractivity contribution in [1.29, 1.82) is 0 Å². The van der Waals surface area contributed by atoms with Gasteiger partial charge in [-0.2, -0.15) is 5.10 Å². The van der Waals surface area contributed by atoms with Gasteiger partial charge in [0.25, 0.3) is 5.69 Å². The Hall–Kier alpha value is -3.75. The van der Waals surface area contributed by atoms with E-state index in [0.29, 0.717) is 5.69 Å². The van der Waals surface area contributed by atoms with Gasteiger partial charge in [0.2, 0.25) is 0 Å². The van der Waals surface area contributed by atoms with Gasteiger partial charge in [0.15, 0.2) is 0 Å². The number of hydrogen-bond donors (Lipinski definition) is 3. The first-order valence-electron chi connectivity index (χ1n) is 7.47. The van der Waals surface area contributed by atoms with Crippen molar-refractivity contribution in [3.05, 3.63) is 63.2 Å². The number of hydrogen-bond acceptors (Lipinski definition) is 6. The highest BCUT2D eigenvalue weighted by atomic mass is 16.6. The van der Waals surface area contributed by atoms with Crippen molar-refractivity contribution in [2.45, 2.75) is 13.8 Å². The number of nitro groups is 1. The molecule has 0 atom stereocenters. The van der Waals surface area contributed by atoms with Gasteiger partial charge in [0.05, 0.1) is 11.1 Å². The molecule has 0 saturated carbocycles. The molecule has 0 aliphatic heterocycles. The summed E-state index contributed by atoms with van der Waals surface area (Å²) >= 11 is 0. The molecule has 0 aliphatic carbocycles. The Kier molecular flexibility index (Phi) is 5.63. The van der Waals surface area contributed by atoms with Crippen LogP contribution in [0.15, 0.2) is 41.5 Å². The first-order chi connectivity index (χ1) is 12.3. The molecule has 0 spiro atoms. The molecule has 0 fully saturated rings. The Morgan fingerprint density at radius 2 is 1.88 bits per heavy atom. The average Bonchev–Trinajstić information content (AvgIpc) is 2.58. The van der Waals surface area contributed by atoms with Gasteiger partial charge in [-0.3, -0.25) is 19.7 Å². The molecule has 0 bridgehead atoms. The van der Waals surface area contributed by atoms with Crippen LogP contribution in [0.25, 0.3) is 0 Å². The third-order valence-electron chi connectivity index (χ3n) is 3.43. The number of aryl methyl sites for hydroxylation is 2. The minimum absolute atomic E-state index is 0.0225. The summed E-state index contributed by atoms with van der Waals surface area (Å²) in [4.78, 5) is 33.7. The van der Waals surface area contributed by atoms with E-state index in [0.717, 1.165) is 35.5 Å². The van der Waals surface area contributed by atoms with Crippen LogP contribution in [0, 0.1) is 24.0 Å². The Morgan fingerprint density at radius 3 is 2.54 bits per heavy atom. The molecule has 9 nitrogen and oxygen atoms in total. The van der Waals surface area contributed by atoms with Crippen molar-refractivity contribution in [2.75, 3.05) is 5.32 Å². The van der Waals surface area contributed by atoms with E-state index in [-0.39, 0.29) is 17.0 Å². The van der Waals surface area contributed by atoms with Crippen LogP contribution in [-0.4, -0.2) is 28.1 Å². The number of hydrazone groups is 1. The van der Waals surface area contributed by atoms with Crippen LogP contribution in [0.3, 0.4) is 0 Å². The average molecular weight is 356 g/mol. The Bertz CT molecular complexity index is 908. The summed E-state index contributed by atoms with van der Waals surface area (Å²) in [5.41, 5.74) is 4.09. The summed E-state index contributed by atoms with van der Waals surface area (Å²) in [6.45, 7) is 3.70. The fourth-order valence-electron chi connectivity index (χ4n) is 2.10. The second-order valence-electron chi connectivity index (χ2n) is 5.47. The molecule has 26 heavy (non-hydrogen) atoms. The molecule has 2 amide bonds. The lowest BCUT2D eigenvalue weighted by Gasteiger charge is -2.08. The van der Waals surface area contributed by atoms with Gasteiger partial charge in [-0.1, -0.05) is 17.7 Å². The lowest BCUT2D eigenvalue weighted by atomic mass is 10.1. The molecule has 3 N–H and O–H groups in total. The van der Waals surface area contributed by atoms with E-state index in [4.69, 9.17) is 0 Å². The van der Waals surface area contributed by atoms with Crippen LogP contribution in [-0.2, 0) is 9.59 Å². The molecule has 2 rings (SSSR count). The highest BCUT2D eigenvalue weighted by molar-refractivity contribution is 6.39. The predicted molar refractivity (Wildman–Crippen MR) is 95.0 cm³/mol. The Morgan fingerprint density at radius 1 is 1.15 bits per heavy atom. The fourth-order valence-corrected chi connectivity index (χ4v) is 2.10. The maximum atomic E-state index is 11.9. The number of amides is 2. The predicted octanol–water partition coefficient (Wildman–Crippen LogP) is 2.01. The van der Waals surface area contributed by atoms with Crippen molar-refractivity contribution in [3.8, 4) is 5.75 Å². The van der Waals surface area contributed by atoms with Crippen LogP contribution in [0.2, 0.25) is 0 Å². The van der Waals surface area contributed by atoms with E-state index < -0.39 is 16.7 Å². The minimum Gasteiger partial charge on any atom is -0.507 e. The molecule has 0 heterocycles. The maximum Gasteiger partial charge on any atom is 0.329 e. The lowest BCUT2D eigenvalue weighted by Crippen LogP contribution is -2.32. The van der Waals surface area contributed by atoms with Crippen LogP contribution in [0.5, 0.6) is 5.75 Å². The molecule has 2 aromatic rings. The molecule has 0 saturated heterocycles. The lowest BCUT2D eigenvalue weighted by molar-refractivity contribution is -0.384. The summed E-state index contributed by atoms with van der Waals surface area (Å²) in [7, 11) is 0. The topological polar surface area (TPSA) is 134 Å². The fraction of sp³-hybridized carbons (Fsp3) is 0.118. The first-order valence-corrected chi connectivity index (χ1v) is 7.47. The van der Waals surface area contributed by atoms with Crippen molar-refractivity contribution < 1.29 is 19.6 Å². The molecule has 0 radical (unpaired) electrons. The number of phenolic OH excluding ortho intramolecular Hbond substituents is 1. The monoisotopic (exact) mass is 356 g/mol. The number of aromatic hydroxyl groups is 1. The second kappa shape index (κ2) is 7.88. The Balaban J connectivity index is 2.01. The summed E-state index contributed by atoms with van der Waals surface area (Å²) in [5, 5.41) is 26.3. The van der Waals surface area contributed by atoms with Crippen molar-refractivity contribution >= 4 is 29.4 Å². The highest BCUT2D eigenvalue weighted by Gasteiger charge is 2.14. The van der Waals surface area contributed by atoms with Gasteiger partial charge < -0.3 is 10.4 Å². The van der Waals surface area contributed by atoms with Crippen molar-refractivity contribution in [1.82, 2.24) is 5.43 Å². The number of carbonyl (C=O) groups excluding carboxylic acids is 2. The van der Waals surface area contributed by atoms with Crippen molar-refractivity contribution in [2.24, 2.45) is 5.10 Å². The highest BCUT2D eigenvalue weighted by Crippen LogP contribution is 2.21. The molecule has 0 unspecified atom stereocenters.